The van der Waals surface area contributed by atoms with Crippen LogP contribution in [0.1, 0.15) is 39.7 Å². The molecule has 150 valence electrons. The number of nitrogens with one attached hydrogen (secondary N) is 1. The van der Waals surface area contributed by atoms with Gasteiger partial charge in [0.25, 0.3) is 0 Å². The van der Waals surface area contributed by atoms with Crippen molar-refractivity contribution in [1.82, 2.24) is 10.4 Å². The lowest BCUT2D eigenvalue weighted by Gasteiger charge is -2.32. The van der Waals surface area contributed by atoms with Gasteiger partial charge in [0.1, 0.15) is 5.78 Å². The number of carbonyl (C=O) groups is 3. The Bertz CT molecular complexity index is 655. The molecular weight excluding hydrogens is 368 g/mol. The zero-order valence-electron chi connectivity index (χ0n) is 16.5. The number of rotatable bonds is 9. The number of benzene rings is 1. The van der Waals surface area contributed by atoms with Gasteiger partial charge in [-0.1, -0.05) is 44.5 Å². The smallest absolute Gasteiger partial charge is 0.233 e. The van der Waals surface area contributed by atoms with Gasteiger partial charge in [0, 0.05) is 30.3 Å². The van der Waals surface area contributed by atoms with Crippen LogP contribution in [0.3, 0.4) is 0 Å². The van der Waals surface area contributed by atoms with Crippen LogP contribution in [-0.2, 0) is 20.8 Å². The van der Waals surface area contributed by atoms with E-state index in [-0.39, 0.29) is 24.5 Å². The van der Waals surface area contributed by atoms with E-state index < -0.39 is 23.3 Å². The molecule has 0 saturated heterocycles. The molecule has 0 bridgehead atoms. The zero-order chi connectivity index (χ0) is 20.8. The Labute approximate surface area is 165 Å². The van der Waals surface area contributed by atoms with Crippen molar-refractivity contribution in [2.75, 3.05) is 7.05 Å². The summed E-state index contributed by atoms with van der Waals surface area (Å²) < 4.78 is 0. The molecule has 2 amide bonds. The second-order valence-electron chi connectivity index (χ2n) is 7.87. The van der Waals surface area contributed by atoms with Crippen molar-refractivity contribution in [2.45, 2.75) is 46.6 Å². The molecule has 0 aliphatic heterocycles. The van der Waals surface area contributed by atoms with Crippen LogP contribution in [0.15, 0.2) is 24.3 Å². The zero-order valence-corrected chi connectivity index (χ0v) is 17.3. The summed E-state index contributed by atoms with van der Waals surface area (Å²) in [6, 6.07) is 6.33. The molecule has 1 aromatic carbocycles. The summed E-state index contributed by atoms with van der Waals surface area (Å²) in [7, 11) is 1.54. The van der Waals surface area contributed by atoms with Crippen LogP contribution in [0.25, 0.3) is 0 Å². The number of halogens is 1. The maximum absolute atomic E-state index is 13.1. The topological polar surface area (TPSA) is 86.7 Å². The first-order valence-electron chi connectivity index (χ1n) is 8.92. The molecule has 0 saturated carbocycles. The minimum absolute atomic E-state index is 0.0263. The molecule has 0 aliphatic carbocycles. The summed E-state index contributed by atoms with van der Waals surface area (Å²) in [5.74, 6) is -1.55. The molecule has 0 aromatic heterocycles. The Morgan fingerprint density at radius 2 is 1.81 bits per heavy atom. The fourth-order valence-corrected chi connectivity index (χ4v) is 3.15. The number of hydroxylamine groups is 2. The molecule has 0 fully saturated rings. The highest BCUT2D eigenvalue weighted by Gasteiger charge is 2.37. The molecule has 1 rings (SSSR count). The Kier molecular flexibility index (Phi) is 8.44. The maximum Gasteiger partial charge on any atom is 0.233 e. The summed E-state index contributed by atoms with van der Waals surface area (Å²) in [6.45, 7) is 7.32. The van der Waals surface area contributed by atoms with E-state index in [9.17, 15) is 19.6 Å². The summed E-state index contributed by atoms with van der Waals surface area (Å²) in [5, 5.41) is 13.5. The SMILES string of the molecule is CNC(=O)[C@@H](CC(=O)[C@H](Cc1ccc(Cl)cc1)[C@H](C)N(O)C=O)C(C)(C)C. The van der Waals surface area contributed by atoms with Crippen LogP contribution in [0.5, 0.6) is 0 Å². The molecule has 27 heavy (non-hydrogen) atoms. The van der Waals surface area contributed by atoms with E-state index in [1.54, 1.807) is 38.2 Å². The molecule has 0 unspecified atom stereocenters. The van der Waals surface area contributed by atoms with Crippen LogP contribution in [0.2, 0.25) is 5.02 Å². The molecule has 0 aliphatic rings. The molecule has 0 radical (unpaired) electrons. The standard InChI is InChI=1S/C20H29ClN2O4/c1-13(23(27)12-24)16(10-14-6-8-15(21)9-7-14)18(25)11-17(19(26)22-5)20(2,3)4/h6-9,12-13,16-17,27H,10-11H2,1-5H3,(H,22,26)/t13-,16+,17+/m0/s1. The van der Waals surface area contributed by atoms with Crippen molar-refractivity contribution in [2.24, 2.45) is 17.3 Å². The van der Waals surface area contributed by atoms with E-state index in [1.807, 2.05) is 20.8 Å². The summed E-state index contributed by atoms with van der Waals surface area (Å²) in [6.07, 6.45) is 0.637. The highest BCUT2D eigenvalue weighted by Crippen LogP contribution is 2.31. The predicted molar refractivity (Wildman–Crippen MR) is 104 cm³/mol. The number of ketones is 1. The van der Waals surface area contributed by atoms with Crippen molar-refractivity contribution < 1.29 is 19.6 Å². The lowest BCUT2D eigenvalue weighted by atomic mass is 9.74. The molecule has 7 heteroatoms. The van der Waals surface area contributed by atoms with Crippen molar-refractivity contribution in [3.63, 3.8) is 0 Å². The van der Waals surface area contributed by atoms with E-state index in [0.29, 0.717) is 16.5 Å². The third-order valence-corrected chi connectivity index (χ3v) is 5.16. The van der Waals surface area contributed by atoms with Gasteiger partial charge in [0.15, 0.2) is 0 Å². The number of amides is 2. The molecule has 0 spiro atoms. The highest BCUT2D eigenvalue weighted by atomic mass is 35.5. The van der Waals surface area contributed by atoms with Crippen LogP contribution in [0, 0.1) is 17.3 Å². The monoisotopic (exact) mass is 396 g/mol. The first kappa shape index (κ1) is 23.1. The number of Topliss-reactive ketones (excluding diaryl/α,β-unsaturated/α-hetero) is 1. The Morgan fingerprint density at radius 1 is 1.26 bits per heavy atom. The molecule has 0 heterocycles. The summed E-state index contributed by atoms with van der Waals surface area (Å²) in [4.78, 5) is 36.4. The second kappa shape index (κ2) is 9.85. The van der Waals surface area contributed by atoms with Gasteiger partial charge >= 0.3 is 0 Å². The predicted octanol–water partition coefficient (Wildman–Crippen LogP) is 3.10. The van der Waals surface area contributed by atoms with Gasteiger partial charge in [0.05, 0.1) is 6.04 Å². The maximum atomic E-state index is 13.1. The van der Waals surface area contributed by atoms with Gasteiger partial charge in [-0.3, -0.25) is 19.6 Å². The Hall–Kier alpha value is -1.92. The Morgan fingerprint density at radius 3 is 2.26 bits per heavy atom. The van der Waals surface area contributed by atoms with Gasteiger partial charge in [-0.2, -0.15) is 0 Å². The first-order valence-corrected chi connectivity index (χ1v) is 9.30. The van der Waals surface area contributed by atoms with E-state index in [1.165, 1.54) is 0 Å². The van der Waals surface area contributed by atoms with Gasteiger partial charge in [-0.15, -0.1) is 0 Å². The normalized spacial score (nSPS) is 14.8. The largest absolute Gasteiger partial charge is 0.359 e. The third-order valence-electron chi connectivity index (χ3n) is 4.90. The van der Waals surface area contributed by atoms with E-state index in [2.05, 4.69) is 5.32 Å². The lowest BCUT2D eigenvalue weighted by molar-refractivity contribution is -0.165. The van der Waals surface area contributed by atoms with Crippen LogP contribution in [0.4, 0.5) is 0 Å². The van der Waals surface area contributed by atoms with Gasteiger partial charge in [-0.05, 0) is 36.5 Å². The third kappa shape index (κ3) is 6.63. The average Bonchev–Trinajstić information content (AvgIpc) is 2.62. The highest BCUT2D eigenvalue weighted by molar-refractivity contribution is 6.30. The number of nitrogens with zero attached hydrogens (tertiary/aromatic N) is 1. The van der Waals surface area contributed by atoms with Crippen molar-refractivity contribution in [1.29, 1.82) is 0 Å². The van der Waals surface area contributed by atoms with E-state index in [0.717, 1.165) is 5.56 Å². The number of hydrogen-bond donors (Lipinski definition) is 2. The van der Waals surface area contributed by atoms with E-state index in [4.69, 9.17) is 11.6 Å². The molecule has 1 aromatic rings. The number of hydrogen-bond acceptors (Lipinski definition) is 4. The fraction of sp³-hybridized carbons (Fsp3) is 0.550. The van der Waals surface area contributed by atoms with E-state index >= 15 is 0 Å². The molecule has 3 atom stereocenters. The quantitative estimate of drug-likeness (QED) is 0.381. The van der Waals surface area contributed by atoms with Crippen molar-refractivity contribution >= 4 is 29.7 Å². The molecular formula is C20H29ClN2O4. The molecule has 6 nitrogen and oxygen atoms in total. The number of carbonyl (C=O) groups excluding carboxylic acids is 3. The van der Waals surface area contributed by atoms with Crippen LogP contribution < -0.4 is 5.32 Å². The van der Waals surface area contributed by atoms with Gasteiger partial charge in [0.2, 0.25) is 12.3 Å². The fourth-order valence-electron chi connectivity index (χ4n) is 3.03. The summed E-state index contributed by atoms with van der Waals surface area (Å²) >= 11 is 5.91. The van der Waals surface area contributed by atoms with Crippen molar-refractivity contribution in [3.05, 3.63) is 34.9 Å². The van der Waals surface area contributed by atoms with Crippen molar-refractivity contribution in [3.8, 4) is 0 Å². The second-order valence-corrected chi connectivity index (χ2v) is 8.30. The van der Waals surface area contributed by atoms with Crippen LogP contribution in [-0.4, -0.2) is 41.5 Å². The van der Waals surface area contributed by atoms with Gasteiger partial charge in [-0.25, -0.2) is 5.06 Å². The lowest BCUT2D eigenvalue weighted by Crippen LogP contribution is -2.43. The first-order chi connectivity index (χ1) is 12.5. The minimum atomic E-state index is -0.726. The summed E-state index contributed by atoms with van der Waals surface area (Å²) in [5.41, 5.74) is 0.448. The minimum Gasteiger partial charge on any atom is -0.359 e. The molecule has 2 N–H and O–H groups in total. The van der Waals surface area contributed by atoms with Crippen LogP contribution >= 0.6 is 11.6 Å². The van der Waals surface area contributed by atoms with Gasteiger partial charge < -0.3 is 5.32 Å². The average molecular weight is 397 g/mol. The Balaban J connectivity index is 3.12.